The van der Waals surface area contributed by atoms with Crippen molar-refractivity contribution in [2.45, 2.75) is 92.7 Å². The van der Waals surface area contributed by atoms with E-state index < -0.39 is 12.6 Å². The van der Waals surface area contributed by atoms with E-state index in [0.717, 1.165) is 41.1 Å². The van der Waals surface area contributed by atoms with Crippen LogP contribution in [0.3, 0.4) is 0 Å². The highest BCUT2D eigenvalue weighted by atomic mass is 19.4. The topological polar surface area (TPSA) is 61.6 Å². The van der Waals surface area contributed by atoms with E-state index >= 15 is 0 Å². The van der Waals surface area contributed by atoms with Crippen LogP contribution in [-0.4, -0.2) is 23.2 Å². The van der Waals surface area contributed by atoms with E-state index in [9.17, 15) is 18.4 Å². The van der Waals surface area contributed by atoms with E-state index in [-0.39, 0.29) is 0 Å². The molecule has 4 nitrogen and oxygen atoms in total. The van der Waals surface area contributed by atoms with Crippen LogP contribution >= 0.6 is 0 Å². The van der Waals surface area contributed by atoms with E-state index in [1.54, 1.807) is 12.4 Å². The summed E-state index contributed by atoms with van der Waals surface area (Å²) in [7, 11) is 1.82. The maximum atomic E-state index is 10.8. The average molecular weight is 543 g/mol. The normalized spacial score (nSPS) is 14.0. The second-order valence-corrected chi connectivity index (χ2v) is 9.93. The highest BCUT2D eigenvalue weighted by Gasteiger charge is 2.23. The summed E-state index contributed by atoms with van der Waals surface area (Å²) in [6.45, 7) is 14.0. The first kappa shape index (κ1) is 35.7. The van der Waals surface area contributed by atoms with E-state index in [1.807, 2.05) is 27.0 Å². The van der Waals surface area contributed by atoms with Gasteiger partial charge < -0.3 is 5.32 Å². The van der Waals surface area contributed by atoms with Gasteiger partial charge in [0.15, 0.2) is 5.82 Å². The molecule has 1 N–H and O–H groups in total. The highest BCUT2D eigenvalue weighted by Crippen LogP contribution is 2.34. The minimum atomic E-state index is -3.96. The summed E-state index contributed by atoms with van der Waals surface area (Å²) < 4.78 is 32.4. The van der Waals surface area contributed by atoms with Crippen LogP contribution in [0.25, 0.3) is 11.1 Å². The fourth-order valence-corrected chi connectivity index (χ4v) is 3.78. The molecule has 0 radical (unpaired) electrons. The van der Waals surface area contributed by atoms with E-state index in [2.05, 4.69) is 74.0 Å². The third-order valence-electron chi connectivity index (χ3n) is 6.95. The predicted octanol–water partition coefficient (Wildman–Crippen LogP) is 9.45. The monoisotopic (exact) mass is 542 g/mol. The van der Waals surface area contributed by atoms with Gasteiger partial charge in [-0.25, -0.2) is 9.97 Å². The van der Waals surface area contributed by atoms with Crippen molar-refractivity contribution in [2.24, 2.45) is 11.8 Å². The minimum absolute atomic E-state index is 0.468. The molecule has 0 saturated heterocycles. The summed E-state index contributed by atoms with van der Waals surface area (Å²) in [5.41, 5.74) is 5.56. The van der Waals surface area contributed by atoms with Crippen LogP contribution in [0.1, 0.15) is 102 Å². The van der Waals surface area contributed by atoms with Gasteiger partial charge in [0, 0.05) is 19.0 Å². The predicted molar refractivity (Wildman–Crippen MR) is 158 cm³/mol. The number of hydrogen-bond acceptors (Lipinski definition) is 4. The number of benzene rings is 1. The van der Waals surface area contributed by atoms with Gasteiger partial charge in [0.05, 0.1) is 23.7 Å². The first-order valence-corrected chi connectivity index (χ1v) is 13.5. The molecule has 1 unspecified atom stereocenters. The van der Waals surface area contributed by atoms with Gasteiger partial charge in [-0.3, -0.25) is 0 Å². The van der Waals surface area contributed by atoms with Gasteiger partial charge in [0.1, 0.15) is 6.07 Å². The number of halogens is 3. The molecular formula is C32H45F3N4. The molecule has 1 aromatic heterocycles. The molecule has 214 valence electrons. The standard InChI is InChI=1S/C19H22N4.C8H16.C3H5F3.C2H2/c1-12(2)15-6-7-17(13(3)8-15)18(9-20)14(4)19-22-10-16(21-5)11-23-19;1-3-7(2)8-5-4-6-8;1-2-3(4,5)6;1-2/h6-8,10-12,21H,1-5H3;7-8H,3-6H2,1-2H3;2H2,1H3;1-2H/b18-14+;;;. The van der Waals surface area contributed by atoms with Gasteiger partial charge in [-0.05, 0) is 48.3 Å². The lowest BCUT2D eigenvalue weighted by Crippen LogP contribution is -2.18. The van der Waals surface area contributed by atoms with Gasteiger partial charge in [-0.2, -0.15) is 18.4 Å². The van der Waals surface area contributed by atoms with Crippen LogP contribution in [-0.2, 0) is 0 Å². The SMILES string of the molecule is C#C.CCC(C)C1CCC1.CCC(F)(F)F.CNc1cnc(/C(C)=C(\C#N)c2ccc(C(C)C)cc2C)nc1. The van der Waals surface area contributed by atoms with Crippen molar-refractivity contribution in [3.05, 3.63) is 53.1 Å². The molecule has 0 bridgehead atoms. The third-order valence-corrected chi connectivity index (χ3v) is 6.95. The number of anilines is 1. The van der Waals surface area contributed by atoms with E-state index in [4.69, 9.17) is 0 Å². The maximum Gasteiger partial charge on any atom is 0.388 e. The quantitative estimate of drug-likeness (QED) is 0.292. The number of nitrogens with one attached hydrogen (secondary N) is 1. The van der Waals surface area contributed by atoms with Crippen LogP contribution in [0.4, 0.5) is 18.9 Å². The first-order chi connectivity index (χ1) is 18.4. The second-order valence-electron chi connectivity index (χ2n) is 9.93. The van der Waals surface area contributed by atoms with Crippen molar-refractivity contribution < 1.29 is 13.2 Å². The summed E-state index contributed by atoms with van der Waals surface area (Å²) in [6.07, 6.45) is 12.6. The number of nitriles is 1. The Bertz CT molecular complexity index is 1070. The molecule has 1 aliphatic carbocycles. The Morgan fingerprint density at radius 2 is 1.67 bits per heavy atom. The van der Waals surface area contributed by atoms with Crippen LogP contribution in [0.2, 0.25) is 0 Å². The van der Waals surface area contributed by atoms with Crippen molar-refractivity contribution in [3.8, 4) is 18.9 Å². The number of hydrogen-bond donors (Lipinski definition) is 1. The highest BCUT2D eigenvalue weighted by molar-refractivity contribution is 5.96. The van der Waals surface area contributed by atoms with E-state index in [1.165, 1.54) is 31.2 Å². The molecule has 0 amide bonds. The molecule has 1 atom stereocenters. The number of aromatic nitrogens is 2. The molecule has 39 heavy (non-hydrogen) atoms. The largest absolute Gasteiger partial charge is 0.388 e. The molecule has 1 heterocycles. The van der Waals surface area contributed by atoms with Crippen molar-refractivity contribution >= 4 is 16.8 Å². The fourth-order valence-electron chi connectivity index (χ4n) is 3.78. The lowest BCUT2D eigenvalue weighted by molar-refractivity contribution is -0.130. The molecular weight excluding hydrogens is 497 g/mol. The second kappa shape index (κ2) is 18.1. The van der Waals surface area contributed by atoms with Gasteiger partial charge >= 0.3 is 6.18 Å². The molecule has 3 rings (SSSR count). The molecule has 1 saturated carbocycles. The Balaban J connectivity index is 0.000000736. The lowest BCUT2D eigenvalue weighted by Gasteiger charge is -2.30. The first-order valence-electron chi connectivity index (χ1n) is 13.5. The third kappa shape index (κ3) is 12.4. The van der Waals surface area contributed by atoms with Gasteiger partial charge in [-0.15, -0.1) is 12.8 Å². The number of terminal acetylenes is 1. The fraction of sp³-hybridized carbons (Fsp3) is 0.531. The summed E-state index contributed by atoms with van der Waals surface area (Å²) in [5.74, 6) is 3.15. The number of allylic oxidation sites excluding steroid dienone is 2. The van der Waals surface area contributed by atoms with Crippen molar-refractivity contribution in [3.63, 3.8) is 0 Å². The Labute approximate surface area is 234 Å². The average Bonchev–Trinajstić information content (AvgIpc) is 2.90. The number of aryl methyl sites for hydroxylation is 1. The van der Waals surface area contributed by atoms with Crippen LogP contribution in [0, 0.1) is 42.9 Å². The van der Waals surface area contributed by atoms with Crippen molar-refractivity contribution in [2.75, 3.05) is 12.4 Å². The van der Waals surface area contributed by atoms with Crippen molar-refractivity contribution in [1.29, 1.82) is 5.26 Å². The smallest absolute Gasteiger partial charge is 0.386 e. The molecule has 7 heteroatoms. The Morgan fingerprint density at radius 1 is 1.13 bits per heavy atom. The Kier molecular flexibility index (Phi) is 16.5. The zero-order valence-electron chi connectivity index (χ0n) is 24.8. The summed E-state index contributed by atoms with van der Waals surface area (Å²) in [4.78, 5) is 8.67. The Morgan fingerprint density at radius 3 is 1.97 bits per heavy atom. The van der Waals surface area contributed by atoms with Gasteiger partial charge in [0.2, 0.25) is 0 Å². The molecule has 1 fully saturated rings. The molecule has 0 aliphatic heterocycles. The Hall–Kier alpha value is -3.32. The molecule has 2 aromatic rings. The summed E-state index contributed by atoms with van der Waals surface area (Å²) >= 11 is 0. The number of rotatable bonds is 6. The lowest BCUT2D eigenvalue weighted by atomic mass is 9.76. The molecule has 1 aromatic carbocycles. The van der Waals surface area contributed by atoms with Crippen LogP contribution < -0.4 is 5.32 Å². The maximum absolute atomic E-state index is 10.8. The summed E-state index contributed by atoms with van der Waals surface area (Å²) in [6, 6.07) is 8.58. The minimum Gasteiger partial charge on any atom is -0.386 e. The number of alkyl halides is 3. The summed E-state index contributed by atoms with van der Waals surface area (Å²) in [5, 5.41) is 12.6. The van der Waals surface area contributed by atoms with Gasteiger partial charge in [-0.1, -0.05) is 78.5 Å². The van der Waals surface area contributed by atoms with E-state index in [0.29, 0.717) is 17.3 Å². The van der Waals surface area contributed by atoms with Crippen LogP contribution in [0.5, 0.6) is 0 Å². The number of nitrogens with zero attached hydrogens (tertiary/aromatic N) is 3. The zero-order valence-corrected chi connectivity index (χ0v) is 24.8. The van der Waals surface area contributed by atoms with Crippen LogP contribution in [0.15, 0.2) is 30.6 Å². The zero-order chi connectivity index (χ0) is 30.2. The van der Waals surface area contributed by atoms with Gasteiger partial charge in [0.25, 0.3) is 0 Å². The molecule has 1 aliphatic rings. The molecule has 0 spiro atoms. The van der Waals surface area contributed by atoms with Crippen molar-refractivity contribution in [1.82, 2.24) is 9.97 Å².